The molecule has 0 bridgehead atoms. The largest absolute Gasteiger partial charge is 0.493 e. The van der Waals surface area contributed by atoms with Gasteiger partial charge in [0.05, 0.1) is 6.61 Å². The topological polar surface area (TPSA) is 21.3 Å². The third kappa shape index (κ3) is 3.74. The van der Waals surface area contributed by atoms with Crippen LogP contribution in [-0.2, 0) is 0 Å². The van der Waals surface area contributed by atoms with E-state index in [9.17, 15) is 0 Å². The first-order valence-electron chi connectivity index (χ1n) is 7.20. The summed E-state index contributed by atoms with van der Waals surface area (Å²) in [4.78, 5) is 0. The normalized spacial score (nSPS) is 16.1. The van der Waals surface area contributed by atoms with Crippen molar-refractivity contribution in [1.29, 1.82) is 0 Å². The van der Waals surface area contributed by atoms with E-state index in [1.807, 2.05) is 0 Å². The molecule has 100 valence electrons. The first-order valence-corrected chi connectivity index (χ1v) is 7.20. The van der Waals surface area contributed by atoms with E-state index in [0.29, 0.717) is 0 Å². The molecule has 0 aliphatic heterocycles. The Balaban J connectivity index is 1.64. The van der Waals surface area contributed by atoms with Crippen LogP contribution in [0.4, 0.5) is 0 Å². The van der Waals surface area contributed by atoms with Crippen LogP contribution in [0, 0.1) is 13.8 Å². The molecule has 0 aromatic heterocycles. The second-order valence-corrected chi connectivity index (χ2v) is 5.34. The van der Waals surface area contributed by atoms with Gasteiger partial charge in [-0.1, -0.05) is 25.0 Å². The molecule has 2 rings (SSSR count). The highest BCUT2D eigenvalue weighted by atomic mass is 16.5. The lowest BCUT2D eigenvalue weighted by Crippen LogP contribution is -2.27. The highest BCUT2D eigenvalue weighted by Crippen LogP contribution is 2.20. The smallest absolute Gasteiger partial charge is 0.122 e. The predicted octanol–water partition coefficient (Wildman–Crippen LogP) is 3.60. The monoisotopic (exact) mass is 247 g/mol. The van der Waals surface area contributed by atoms with Crippen LogP contribution in [0.15, 0.2) is 18.2 Å². The molecule has 1 saturated carbocycles. The van der Waals surface area contributed by atoms with E-state index in [1.165, 1.54) is 36.8 Å². The van der Waals surface area contributed by atoms with E-state index in [2.05, 4.69) is 37.4 Å². The van der Waals surface area contributed by atoms with Gasteiger partial charge < -0.3 is 10.1 Å². The van der Waals surface area contributed by atoms with Crippen molar-refractivity contribution in [3.05, 3.63) is 29.3 Å². The maximum absolute atomic E-state index is 5.84. The summed E-state index contributed by atoms with van der Waals surface area (Å²) in [5.41, 5.74) is 2.57. The average Bonchev–Trinajstić information content (AvgIpc) is 2.87. The van der Waals surface area contributed by atoms with Crippen molar-refractivity contribution in [3.8, 4) is 5.75 Å². The quantitative estimate of drug-likeness (QED) is 0.775. The summed E-state index contributed by atoms with van der Waals surface area (Å²) < 4.78 is 5.84. The molecule has 1 aliphatic carbocycles. The Morgan fingerprint density at radius 3 is 2.78 bits per heavy atom. The fourth-order valence-corrected chi connectivity index (χ4v) is 2.57. The summed E-state index contributed by atoms with van der Waals surface area (Å²) >= 11 is 0. The Kier molecular flexibility index (Phi) is 5.06. The first kappa shape index (κ1) is 13.4. The Morgan fingerprint density at radius 1 is 1.22 bits per heavy atom. The zero-order valence-corrected chi connectivity index (χ0v) is 11.7. The predicted molar refractivity (Wildman–Crippen MR) is 76.3 cm³/mol. The Labute approximate surface area is 111 Å². The lowest BCUT2D eigenvalue weighted by atomic mass is 10.1. The summed E-state index contributed by atoms with van der Waals surface area (Å²) in [5, 5.41) is 3.61. The van der Waals surface area contributed by atoms with Crippen LogP contribution in [0.2, 0.25) is 0 Å². The molecule has 0 heterocycles. The molecule has 0 unspecified atom stereocenters. The van der Waals surface area contributed by atoms with Crippen molar-refractivity contribution in [1.82, 2.24) is 5.32 Å². The molecule has 0 atom stereocenters. The zero-order chi connectivity index (χ0) is 12.8. The highest BCUT2D eigenvalue weighted by molar-refractivity contribution is 5.38. The number of ether oxygens (including phenoxy) is 1. The second-order valence-electron chi connectivity index (χ2n) is 5.34. The molecule has 1 aromatic carbocycles. The maximum atomic E-state index is 5.84. The second kappa shape index (κ2) is 6.79. The zero-order valence-electron chi connectivity index (χ0n) is 11.7. The molecule has 1 N–H and O–H groups in total. The molecule has 0 saturated heterocycles. The van der Waals surface area contributed by atoms with Gasteiger partial charge in [0.2, 0.25) is 0 Å². The minimum absolute atomic E-state index is 0.769. The molecular formula is C16H25NO. The van der Waals surface area contributed by atoms with Gasteiger partial charge in [-0.2, -0.15) is 0 Å². The van der Waals surface area contributed by atoms with Gasteiger partial charge in [0.1, 0.15) is 5.75 Å². The van der Waals surface area contributed by atoms with Gasteiger partial charge in [0, 0.05) is 6.04 Å². The third-order valence-corrected chi connectivity index (χ3v) is 3.92. The standard InChI is InChI=1S/C16H25NO/c1-13-7-5-10-16(14(13)2)18-12-6-11-17-15-8-3-4-9-15/h5,7,10,15,17H,3-4,6,8-9,11-12H2,1-2H3. The summed E-state index contributed by atoms with van der Waals surface area (Å²) in [6.07, 6.45) is 6.60. The van der Waals surface area contributed by atoms with Gasteiger partial charge in [0.25, 0.3) is 0 Å². The SMILES string of the molecule is Cc1cccc(OCCCNC2CCCC2)c1C. The van der Waals surface area contributed by atoms with Crippen LogP contribution in [0.25, 0.3) is 0 Å². The first-order chi connectivity index (χ1) is 8.77. The molecule has 2 heteroatoms. The van der Waals surface area contributed by atoms with Gasteiger partial charge in [-0.25, -0.2) is 0 Å². The molecule has 0 radical (unpaired) electrons. The van der Waals surface area contributed by atoms with Crippen LogP contribution in [0.1, 0.15) is 43.2 Å². The maximum Gasteiger partial charge on any atom is 0.122 e. The number of hydrogen-bond acceptors (Lipinski definition) is 2. The molecule has 1 aromatic rings. The van der Waals surface area contributed by atoms with Crippen molar-refractivity contribution in [2.45, 2.75) is 52.0 Å². The molecule has 0 spiro atoms. The number of aryl methyl sites for hydroxylation is 1. The fourth-order valence-electron chi connectivity index (χ4n) is 2.57. The van der Waals surface area contributed by atoms with Crippen molar-refractivity contribution < 1.29 is 4.74 Å². The highest BCUT2D eigenvalue weighted by Gasteiger charge is 2.13. The van der Waals surface area contributed by atoms with Gasteiger partial charge in [0.15, 0.2) is 0 Å². The third-order valence-electron chi connectivity index (χ3n) is 3.92. The van der Waals surface area contributed by atoms with Gasteiger partial charge in [-0.15, -0.1) is 0 Å². The Bertz CT molecular complexity index is 369. The van der Waals surface area contributed by atoms with Crippen molar-refractivity contribution >= 4 is 0 Å². The number of rotatable bonds is 6. The summed E-state index contributed by atoms with van der Waals surface area (Å²) in [7, 11) is 0. The number of hydrogen-bond donors (Lipinski definition) is 1. The fraction of sp³-hybridized carbons (Fsp3) is 0.625. The van der Waals surface area contributed by atoms with E-state index >= 15 is 0 Å². The number of benzene rings is 1. The van der Waals surface area contributed by atoms with Crippen LogP contribution in [0.3, 0.4) is 0 Å². The van der Waals surface area contributed by atoms with Crippen molar-refractivity contribution in [3.63, 3.8) is 0 Å². The minimum Gasteiger partial charge on any atom is -0.493 e. The van der Waals surface area contributed by atoms with E-state index in [-0.39, 0.29) is 0 Å². The molecule has 1 fully saturated rings. The Morgan fingerprint density at radius 2 is 2.00 bits per heavy atom. The van der Waals surface area contributed by atoms with Gasteiger partial charge in [-0.3, -0.25) is 0 Å². The molecule has 0 amide bonds. The molecule has 1 aliphatic rings. The summed E-state index contributed by atoms with van der Waals surface area (Å²) in [5.74, 6) is 1.04. The Hall–Kier alpha value is -1.02. The molecular weight excluding hydrogens is 222 g/mol. The van der Waals surface area contributed by atoms with Gasteiger partial charge in [-0.05, 0) is 56.8 Å². The average molecular weight is 247 g/mol. The van der Waals surface area contributed by atoms with Crippen LogP contribution >= 0.6 is 0 Å². The van der Waals surface area contributed by atoms with Gasteiger partial charge >= 0.3 is 0 Å². The van der Waals surface area contributed by atoms with Crippen molar-refractivity contribution in [2.24, 2.45) is 0 Å². The molecule has 18 heavy (non-hydrogen) atoms. The van der Waals surface area contributed by atoms with Crippen LogP contribution in [0.5, 0.6) is 5.75 Å². The summed E-state index contributed by atoms with van der Waals surface area (Å²) in [6, 6.07) is 7.02. The van der Waals surface area contributed by atoms with Crippen LogP contribution < -0.4 is 10.1 Å². The van der Waals surface area contributed by atoms with E-state index in [4.69, 9.17) is 4.74 Å². The lowest BCUT2D eigenvalue weighted by Gasteiger charge is -2.13. The van der Waals surface area contributed by atoms with E-state index in [0.717, 1.165) is 31.4 Å². The summed E-state index contributed by atoms with van der Waals surface area (Å²) in [6.45, 7) is 6.14. The minimum atomic E-state index is 0.769. The molecule has 2 nitrogen and oxygen atoms in total. The lowest BCUT2D eigenvalue weighted by molar-refractivity contribution is 0.302. The van der Waals surface area contributed by atoms with E-state index in [1.54, 1.807) is 0 Å². The van der Waals surface area contributed by atoms with Crippen molar-refractivity contribution in [2.75, 3.05) is 13.2 Å². The van der Waals surface area contributed by atoms with Crippen LogP contribution in [-0.4, -0.2) is 19.2 Å². The number of nitrogens with one attached hydrogen (secondary N) is 1. The van der Waals surface area contributed by atoms with E-state index < -0.39 is 0 Å².